The van der Waals surface area contributed by atoms with Crippen molar-refractivity contribution in [2.24, 2.45) is 5.92 Å². The van der Waals surface area contributed by atoms with Crippen LogP contribution in [0.4, 0.5) is 0 Å². The maximum atomic E-state index is 6.94. The second-order valence-corrected chi connectivity index (χ2v) is 3.23. The van der Waals surface area contributed by atoms with Crippen molar-refractivity contribution in [2.75, 3.05) is 0 Å². The molecule has 0 fully saturated rings. The molecule has 1 aliphatic rings. The summed E-state index contributed by atoms with van der Waals surface area (Å²) in [5.41, 5.74) is 3.32. The van der Waals surface area contributed by atoms with Gasteiger partial charge in [0.25, 0.3) is 0 Å². The average molecular weight is 147 g/mol. The first-order valence-corrected chi connectivity index (χ1v) is 3.95. The third-order valence-corrected chi connectivity index (χ3v) is 2.07. The topological polar surface area (TPSA) is 4.36 Å². The largest absolute Gasteiger partial charge is 0.242 e. The highest BCUT2D eigenvalue weighted by Crippen LogP contribution is 2.35. The van der Waals surface area contributed by atoms with Crippen LogP contribution < -0.4 is 0 Å². The summed E-state index contributed by atoms with van der Waals surface area (Å²) < 4.78 is 0. The Bertz CT molecular complexity index is 251. The molecule has 0 aliphatic heterocycles. The predicted molar refractivity (Wildman–Crippen MR) is 46.8 cm³/mol. The van der Waals surface area contributed by atoms with Crippen LogP contribution in [0.3, 0.4) is 0 Å². The van der Waals surface area contributed by atoms with Gasteiger partial charge in [-0.1, -0.05) is 26.0 Å². The van der Waals surface area contributed by atoms with Crippen LogP contribution in [0.15, 0.2) is 23.4 Å². The molecule has 1 aliphatic carbocycles. The molecule has 0 aromatic heterocycles. The van der Waals surface area contributed by atoms with Crippen molar-refractivity contribution in [1.82, 2.24) is 0 Å². The fourth-order valence-electron chi connectivity index (χ4n) is 1.60. The molecular formula is C10H13N. The van der Waals surface area contributed by atoms with Gasteiger partial charge in [-0.3, -0.25) is 0 Å². The number of hydrogen-bond acceptors (Lipinski definition) is 0. The Morgan fingerprint density at radius 3 is 2.45 bits per heavy atom. The van der Waals surface area contributed by atoms with Crippen molar-refractivity contribution in [3.05, 3.63) is 34.8 Å². The van der Waals surface area contributed by atoms with Crippen molar-refractivity contribution in [2.45, 2.75) is 26.7 Å². The van der Waals surface area contributed by atoms with Crippen molar-refractivity contribution in [1.29, 1.82) is 0 Å². The van der Waals surface area contributed by atoms with E-state index in [4.69, 9.17) is 6.57 Å². The molecule has 0 atom stereocenters. The molecule has 0 N–H and O–H groups in total. The quantitative estimate of drug-likeness (QED) is 0.502. The highest BCUT2D eigenvalue weighted by molar-refractivity contribution is 5.42. The van der Waals surface area contributed by atoms with Crippen LogP contribution in [0.5, 0.6) is 0 Å². The minimum atomic E-state index is 0.467. The molecule has 58 valence electrons. The smallest absolute Gasteiger partial charge is 0.169 e. The minimum absolute atomic E-state index is 0.467. The fourth-order valence-corrected chi connectivity index (χ4v) is 1.60. The second kappa shape index (κ2) is 2.92. The molecule has 0 spiro atoms. The molecule has 0 bridgehead atoms. The summed E-state index contributed by atoms with van der Waals surface area (Å²) in [6, 6.07) is 0. The van der Waals surface area contributed by atoms with E-state index < -0.39 is 0 Å². The molecule has 1 rings (SSSR count). The van der Waals surface area contributed by atoms with E-state index in [-0.39, 0.29) is 0 Å². The van der Waals surface area contributed by atoms with Gasteiger partial charge in [0.05, 0.1) is 6.57 Å². The van der Waals surface area contributed by atoms with E-state index in [1.54, 1.807) is 0 Å². The van der Waals surface area contributed by atoms with Crippen molar-refractivity contribution >= 4 is 0 Å². The molecule has 0 saturated carbocycles. The summed E-state index contributed by atoms with van der Waals surface area (Å²) in [5.74, 6) is 0.467. The molecule has 0 saturated heterocycles. The Labute approximate surface area is 68.2 Å². The lowest BCUT2D eigenvalue weighted by Crippen LogP contribution is -1.93. The Balaban J connectivity index is 3.02. The summed E-state index contributed by atoms with van der Waals surface area (Å²) in [6.45, 7) is 15.1. The highest BCUT2D eigenvalue weighted by atomic mass is 14.7. The van der Waals surface area contributed by atoms with E-state index in [0.29, 0.717) is 5.92 Å². The van der Waals surface area contributed by atoms with Crippen LogP contribution in [-0.2, 0) is 0 Å². The maximum absolute atomic E-state index is 6.94. The summed E-state index contributed by atoms with van der Waals surface area (Å²) in [5, 5.41) is 0. The molecule has 1 heteroatoms. The first-order chi connectivity index (χ1) is 5.16. The normalized spacial score (nSPS) is 17.8. The van der Waals surface area contributed by atoms with E-state index in [1.165, 1.54) is 11.1 Å². The fraction of sp³-hybridized carbons (Fsp3) is 0.500. The Morgan fingerprint density at radius 2 is 2.09 bits per heavy atom. The summed E-state index contributed by atoms with van der Waals surface area (Å²) in [7, 11) is 0. The number of allylic oxidation sites excluding steroid dienone is 3. The van der Waals surface area contributed by atoms with Crippen molar-refractivity contribution in [3.8, 4) is 0 Å². The third kappa shape index (κ3) is 1.35. The van der Waals surface area contributed by atoms with Crippen LogP contribution >= 0.6 is 0 Å². The first kappa shape index (κ1) is 8.07. The second-order valence-electron chi connectivity index (χ2n) is 3.23. The van der Waals surface area contributed by atoms with Gasteiger partial charge in [-0.2, -0.15) is 0 Å². The Morgan fingerprint density at radius 1 is 1.45 bits per heavy atom. The van der Waals surface area contributed by atoms with Crippen LogP contribution in [-0.4, -0.2) is 0 Å². The Hall–Kier alpha value is -1.03. The average Bonchev–Trinajstić information content (AvgIpc) is 2.30. The molecule has 0 amide bonds. The summed E-state index contributed by atoms with van der Waals surface area (Å²) in [4.78, 5) is 3.51. The molecular weight excluding hydrogens is 134 g/mol. The predicted octanol–water partition coefficient (Wildman–Crippen LogP) is 3.17. The van der Waals surface area contributed by atoms with E-state index in [2.05, 4.69) is 25.3 Å². The zero-order valence-electron chi connectivity index (χ0n) is 7.15. The van der Waals surface area contributed by atoms with Crippen LogP contribution in [0.25, 0.3) is 4.85 Å². The molecule has 1 nitrogen and oxygen atoms in total. The van der Waals surface area contributed by atoms with Crippen LogP contribution in [0.2, 0.25) is 0 Å². The lowest BCUT2D eigenvalue weighted by atomic mass is 9.99. The van der Waals surface area contributed by atoms with E-state index in [0.717, 1.165) is 18.5 Å². The summed E-state index contributed by atoms with van der Waals surface area (Å²) >= 11 is 0. The van der Waals surface area contributed by atoms with Gasteiger partial charge in [-0.25, -0.2) is 4.85 Å². The number of nitrogens with zero attached hydrogens (tertiary/aromatic N) is 1. The molecule has 0 aromatic carbocycles. The minimum Gasteiger partial charge on any atom is -0.242 e. The van der Waals surface area contributed by atoms with Gasteiger partial charge in [-0.05, 0) is 24.3 Å². The van der Waals surface area contributed by atoms with Crippen molar-refractivity contribution in [3.63, 3.8) is 0 Å². The van der Waals surface area contributed by atoms with Gasteiger partial charge in [0.1, 0.15) is 0 Å². The number of rotatable bonds is 1. The highest BCUT2D eigenvalue weighted by Gasteiger charge is 2.20. The lowest BCUT2D eigenvalue weighted by Gasteiger charge is -2.08. The van der Waals surface area contributed by atoms with Crippen LogP contribution in [0, 0.1) is 12.5 Å². The van der Waals surface area contributed by atoms with Gasteiger partial charge >= 0.3 is 0 Å². The van der Waals surface area contributed by atoms with Gasteiger partial charge in [0.15, 0.2) is 5.70 Å². The molecule has 0 heterocycles. The molecule has 0 radical (unpaired) electrons. The molecule has 0 unspecified atom stereocenters. The Kier molecular flexibility index (Phi) is 2.14. The van der Waals surface area contributed by atoms with Crippen LogP contribution in [0.1, 0.15) is 26.7 Å². The third-order valence-electron chi connectivity index (χ3n) is 2.07. The maximum Gasteiger partial charge on any atom is 0.169 e. The van der Waals surface area contributed by atoms with E-state index in [9.17, 15) is 0 Å². The number of hydrogen-bond donors (Lipinski definition) is 0. The molecule has 0 aromatic rings. The lowest BCUT2D eigenvalue weighted by molar-refractivity contribution is 0.778. The van der Waals surface area contributed by atoms with Gasteiger partial charge in [-0.15, -0.1) is 0 Å². The zero-order valence-corrected chi connectivity index (χ0v) is 7.15. The van der Waals surface area contributed by atoms with Crippen molar-refractivity contribution < 1.29 is 0 Å². The van der Waals surface area contributed by atoms with Gasteiger partial charge in [0, 0.05) is 0 Å². The monoisotopic (exact) mass is 147 g/mol. The standard InChI is InChI=1S/C10H13N/c1-7(2)10-8(3)5-6-9(10)11-4/h7H,3,5-6H2,1-2H3. The zero-order chi connectivity index (χ0) is 8.43. The van der Waals surface area contributed by atoms with E-state index >= 15 is 0 Å². The SMILES string of the molecule is [C-]#[N+]C1=C(C(C)C)C(=C)CC1. The first-order valence-electron chi connectivity index (χ1n) is 3.95. The van der Waals surface area contributed by atoms with Gasteiger partial charge in [0.2, 0.25) is 0 Å². The van der Waals surface area contributed by atoms with E-state index in [1.807, 2.05) is 0 Å². The van der Waals surface area contributed by atoms with Gasteiger partial charge < -0.3 is 0 Å². The molecule has 11 heavy (non-hydrogen) atoms. The summed E-state index contributed by atoms with van der Waals surface area (Å²) in [6.07, 6.45) is 1.90.